The summed E-state index contributed by atoms with van der Waals surface area (Å²) in [6.07, 6.45) is 0. The Hall–Kier alpha value is -2.22. The van der Waals surface area contributed by atoms with Crippen LogP contribution in [-0.2, 0) is 13.2 Å². The molecule has 0 saturated carbocycles. The molecule has 0 aliphatic carbocycles. The molecule has 3 aromatic rings. The van der Waals surface area contributed by atoms with Crippen molar-refractivity contribution in [2.24, 2.45) is 0 Å². The first-order chi connectivity index (χ1) is 12.6. The Balaban J connectivity index is 1.72. The fraction of sp³-hybridized carbons (Fsp3) is 0.188. The van der Waals surface area contributed by atoms with E-state index >= 15 is 0 Å². The quantitative estimate of drug-likeness (QED) is 0.597. The van der Waals surface area contributed by atoms with Gasteiger partial charge in [0.05, 0.1) is 22.2 Å². The van der Waals surface area contributed by atoms with Crippen LogP contribution in [0.1, 0.15) is 11.1 Å². The number of nitrogens with zero attached hydrogens (tertiary/aromatic N) is 3. The number of ether oxygens (including phenoxy) is 2. The smallest absolute Gasteiger partial charge is 0.263 e. The van der Waals surface area contributed by atoms with Gasteiger partial charge < -0.3 is 14.8 Å². The van der Waals surface area contributed by atoms with E-state index < -0.39 is 0 Å². The van der Waals surface area contributed by atoms with Crippen molar-refractivity contribution in [3.8, 4) is 11.5 Å². The number of tetrazole rings is 1. The molecule has 0 aliphatic heterocycles. The molecule has 10 heteroatoms. The van der Waals surface area contributed by atoms with Gasteiger partial charge in [0.1, 0.15) is 6.61 Å². The molecule has 2 N–H and O–H groups in total. The van der Waals surface area contributed by atoms with Crippen molar-refractivity contribution in [1.29, 1.82) is 0 Å². The third kappa shape index (κ3) is 4.49. The lowest BCUT2D eigenvalue weighted by molar-refractivity contribution is 0.284. The summed E-state index contributed by atoms with van der Waals surface area (Å²) in [6.45, 7) is 0.718. The van der Waals surface area contributed by atoms with Crippen molar-refractivity contribution < 1.29 is 9.47 Å². The number of H-pyrrole nitrogens is 1. The van der Waals surface area contributed by atoms with E-state index in [1.54, 1.807) is 25.3 Å². The molecule has 7 nitrogen and oxygen atoms in total. The van der Waals surface area contributed by atoms with Crippen molar-refractivity contribution in [1.82, 2.24) is 20.6 Å². The number of benzene rings is 2. The number of hydrogen-bond acceptors (Lipinski definition) is 6. The molecule has 0 bridgehead atoms. The standard InChI is InChI=1S/C16H14Cl3N5O2/c1-25-14-6-10(7-20-16-21-23-24-22-16)5-13(19)15(14)26-8-9-2-3-11(17)12(18)4-9/h2-6H,7-8H2,1H3,(H2,20,21,22,23,24). The summed E-state index contributed by atoms with van der Waals surface area (Å²) in [5.74, 6) is 1.35. The van der Waals surface area contributed by atoms with Crippen LogP contribution < -0.4 is 14.8 Å². The first-order valence-corrected chi connectivity index (χ1v) is 8.60. The lowest BCUT2D eigenvalue weighted by Gasteiger charge is -2.14. The molecular formula is C16H14Cl3N5O2. The molecule has 0 amide bonds. The zero-order chi connectivity index (χ0) is 18.5. The number of halogens is 3. The number of rotatable bonds is 7. The molecule has 3 rings (SSSR count). The van der Waals surface area contributed by atoms with Crippen molar-refractivity contribution in [2.75, 3.05) is 12.4 Å². The molecule has 2 aromatic carbocycles. The fourth-order valence-corrected chi connectivity index (χ4v) is 2.83. The Labute approximate surface area is 164 Å². The molecule has 0 fully saturated rings. The maximum Gasteiger partial charge on any atom is 0.263 e. The lowest BCUT2D eigenvalue weighted by Crippen LogP contribution is -2.03. The minimum Gasteiger partial charge on any atom is -0.493 e. The molecule has 0 aliphatic rings. The molecule has 0 saturated heterocycles. The molecule has 26 heavy (non-hydrogen) atoms. The number of aromatic amines is 1. The first kappa shape index (κ1) is 18.6. The van der Waals surface area contributed by atoms with Crippen LogP contribution in [0.4, 0.5) is 5.95 Å². The number of anilines is 1. The van der Waals surface area contributed by atoms with E-state index in [9.17, 15) is 0 Å². The van der Waals surface area contributed by atoms with E-state index in [2.05, 4.69) is 25.9 Å². The van der Waals surface area contributed by atoms with Gasteiger partial charge in [0.2, 0.25) is 0 Å². The van der Waals surface area contributed by atoms with Gasteiger partial charge in [-0.05, 0) is 40.6 Å². The minimum absolute atomic E-state index is 0.271. The summed E-state index contributed by atoms with van der Waals surface area (Å²) < 4.78 is 11.2. The Morgan fingerprint density at radius 2 is 1.85 bits per heavy atom. The van der Waals surface area contributed by atoms with Gasteiger partial charge in [-0.25, -0.2) is 0 Å². The predicted octanol–water partition coefficient (Wildman–Crippen LogP) is 4.36. The first-order valence-electron chi connectivity index (χ1n) is 7.47. The van der Waals surface area contributed by atoms with Crippen LogP contribution in [0.25, 0.3) is 0 Å². The van der Waals surface area contributed by atoms with Crippen LogP contribution in [0.5, 0.6) is 11.5 Å². The highest BCUT2D eigenvalue weighted by Gasteiger charge is 2.13. The van der Waals surface area contributed by atoms with Gasteiger partial charge in [-0.15, -0.1) is 5.10 Å². The van der Waals surface area contributed by atoms with Crippen molar-refractivity contribution in [2.45, 2.75) is 13.2 Å². The Kier molecular flexibility index (Phi) is 6.03. The molecule has 0 unspecified atom stereocenters. The number of methoxy groups -OCH3 is 1. The molecule has 136 valence electrons. The van der Waals surface area contributed by atoms with Gasteiger partial charge in [-0.1, -0.05) is 46.0 Å². The lowest BCUT2D eigenvalue weighted by atomic mass is 10.2. The second kappa shape index (κ2) is 8.44. The van der Waals surface area contributed by atoms with E-state index in [1.165, 1.54) is 0 Å². The zero-order valence-electron chi connectivity index (χ0n) is 13.6. The second-order valence-corrected chi connectivity index (χ2v) is 6.46. The SMILES string of the molecule is COc1cc(CNc2nn[nH]n2)cc(Cl)c1OCc1ccc(Cl)c(Cl)c1. The highest BCUT2D eigenvalue weighted by atomic mass is 35.5. The van der Waals surface area contributed by atoms with Gasteiger partial charge >= 0.3 is 0 Å². The zero-order valence-corrected chi connectivity index (χ0v) is 15.9. The Morgan fingerprint density at radius 1 is 1.04 bits per heavy atom. The molecule has 0 radical (unpaired) electrons. The third-order valence-corrected chi connectivity index (χ3v) is 4.47. The van der Waals surface area contributed by atoms with Gasteiger partial charge in [0, 0.05) is 6.54 Å². The van der Waals surface area contributed by atoms with Crippen LogP contribution in [0.15, 0.2) is 30.3 Å². The van der Waals surface area contributed by atoms with E-state index in [4.69, 9.17) is 44.3 Å². The maximum absolute atomic E-state index is 6.37. The Bertz CT molecular complexity index is 890. The number of aromatic nitrogens is 4. The topological polar surface area (TPSA) is 85.0 Å². The molecule has 0 spiro atoms. The summed E-state index contributed by atoms with van der Waals surface area (Å²) >= 11 is 18.3. The van der Waals surface area contributed by atoms with Gasteiger partial charge in [0.15, 0.2) is 11.5 Å². The fourth-order valence-electron chi connectivity index (χ4n) is 2.22. The summed E-state index contributed by atoms with van der Waals surface area (Å²) in [5.41, 5.74) is 1.74. The van der Waals surface area contributed by atoms with Crippen LogP contribution in [0, 0.1) is 0 Å². The average molecular weight is 415 g/mol. The van der Waals surface area contributed by atoms with E-state index in [-0.39, 0.29) is 6.61 Å². The molecular weight excluding hydrogens is 401 g/mol. The highest BCUT2D eigenvalue weighted by molar-refractivity contribution is 6.42. The predicted molar refractivity (Wildman–Crippen MR) is 100 cm³/mol. The normalized spacial score (nSPS) is 10.6. The van der Waals surface area contributed by atoms with Crippen molar-refractivity contribution in [3.05, 3.63) is 56.5 Å². The highest BCUT2D eigenvalue weighted by Crippen LogP contribution is 2.37. The number of hydrogen-bond donors (Lipinski definition) is 2. The second-order valence-electron chi connectivity index (χ2n) is 5.24. The molecule has 0 atom stereocenters. The average Bonchev–Trinajstić information content (AvgIpc) is 3.15. The van der Waals surface area contributed by atoms with Crippen molar-refractivity contribution in [3.63, 3.8) is 0 Å². The van der Waals surface area contributed by atoms with Gasteiger partial charge in [-0.2, -0.15) is 5.21 Å². The summed E-state index contributed by atoms with van der Waals surface area (Å²) in [5, 5.41) is 17.9. The summed E-state index contributed by atoms with van der Waals surface area (Å²) in [4.78, 5) is 0. The number of nitrogens with one attached hydrogen (secondary N) is 2. The van der Waals surface area contributed by atoms with E-state index in [0.717, 1.165) is 11.1 Å². The van der Waals surface area contributed by atoms with Crippen LogP contribution in [0.2, 0.25) is 15.1 Å². The largest absolute Gasteiger partial charge is 0.493 e. The minimum atomic E-state index is 0.271. The summed E-state index contributed by atoms with van der Waals surface area (Å²) in [7, 11) is 1.55. The van der Waals surface area contributed by atoms with Crippen LogP contribution in [-0.4, -0.2) is 27.7 Å². The van der Waals surface area contributed by atoms with Gasteiger partial charge in [0.25, 0.3) is 5.95 Å². The van der Waals surface area contributed by atoms with Gasteiger partial charge in [-0.3, -0.25) is 0 Å². The summed E-state index contributed by atoms with van der Waals surface area (Å²) in [6, 6.07) is 8.89. The molecule has 1 aromatic heterocycles. The molecule has 1 heterocycles. The van der Waals surface area contributed by atoms with Crippen LogP contribution in [0.3, 0.4) is 0 Å². The van der Waals surface area contributed by atoms with E-state index in [0.29, 0.717) is 39.1 Å². The van der Waals surface area contributed by atoms with E-state index in [1.807, 2.05) is 12.1 Å². The third-order valence-electron chi connectivity index (χ3n) is 3.45. The maximum atomic E-state index is 6.37. The Morgan fingerprint density at radius 3 is 2.54 bits per heavy atom. The van der Waals surface area contributed by atoms with Crippen LogP contribution >= 0.6 is 34.8 Å². The van der Waals surface area contributed by atoms with Crippen molar-refractivity contribution >= 4 is 40.8 Å². The monoisotopic (exact) mass is 413 g/mol.